The first-order valence-electron chi connectivity index (χ1n) is 4.60. The summed E-state index contributed by atoms with van der Waals surface area (Å²) in [6.07, 6.45) is -8.74. The van der Waals surface area contributed by atoms with Gasteiger partial charge in [-0.05, 0) is 40.2 Å². The van der Waals surface area contributed by atoms with Gasteiger partial charge in [-0.1, -0.05) is 0 Å². The molecule has 0 atom stereocenters. The van der Waals surface area contributed by atoms with Gasteiger partial charge < -0.3 is 4.74 Å². The van der Waals surface area contributed by atoms with Gasteiger partial charge in [0, 0.05) is 5.56 Å². The van der Waals surface area contributed by atoms with Crippen molar-refractivity contribution in [3.8, 4) is 5.75 Å². The molecule has 1 rings (SSSR count). The van der Waals surface area contributed by atoms with Crippen LogP contribution in [0.1, 0.15) is 10.4 Å². The smallest absolute Gasteiger partial charge is 0.428 e. The van der Waals surface area contributed by atoms with Crippen molar-refractivity contribution >= 4 is 21.7 Å². The van der Waals surface area contributed by atoms with Crippen molar-refractivity contribution in [1.29, 1.82) is 0 Å². The van der Waals surface area contributed by atoms with Crippen LogP contribution in [0.5, 0.6) is 5.75 Å². The highest BCUT2D eigenvalue weighted by atomic mass is 79.9. The SMILES string of the molecule is O=C(c1ccc(OC(F)(F)C(F)F)cc1)C(F)(F)Br. The number of benzene rings is 1. The second-order valence-corrected chi connectivity index (χ2v) is 4.31. The first kappa shape index (κ1) is 15.8. The standard InChI is InChI=1S/C10H5BrF6O2/c11-9(14,15)7(18)5-1-3-6(4-2-5)19-10(16,17)8(12)13/h1-4,8H. The molecule has 0 aliphatic heterocycles. The van der Waals surface area contributed by atoms with Crippen molar-refractivity contribution < 1.29 is 35.9 Å². The Hall–Kier alpha value is -1.25. The molecule has 0 aliphatic carbocycles. The maximum atomic E-state index is 12.6. The van der Waals surface area contributed by atoms with E-state index in [0.717, 1.165) is 12.1 Å². The van der Waals surface area contributed by atoms with E-state index < -0.39 is 34.5 Å². The summed E-state index contributed by atoms with van der Waals surface area (Å²) in [5, 5.41) is 0. The molecule has 0 spiro atoms. The number of ketones is 1. The zero-order chi connectivity index (χ0) is 14.8. The Morgan fingerprint density at radius 1 is 1.11 bits per heavy atom. The van der Waals surface area contributed by atoms with Crippen LogP contribution in [0.4, 0.5) is 26.3 Å². The first-order valence-corrected chi connectivity index (χ1v) is 5.40. The van der Waals surface area contributed by atoms with E-state index in [1.54, 1.807) is 0 Å². The van der Waals surface area contributed by atoms with Crippen LogP contribution in [-0.2, 0) is 0 Å². The number of Topliss-reactive ketones (excluding diaryl/α,β-unsaturated/α-hetero) is 1. The first-order chi connectivity index (χ1) is 8.54. The van der Waals surface area contributed by atoms with Crippen molar-refractivity contribution in [3.63, 3.8) is 0 Å². The Morgan fingerprint density at radius 2 is 1.58 bits per heavy atom. The third-order valence-corrected chi connectivity index (χ3v) is 2.24. The van der Waals surface area contributed by atoms with Gasteiger partial charge in [-0.15, -0.1) is 0 Å². The van der Waals surface area contributed by atoms with E-state index in [4.69, 9.17) is 0 Å². The lowest BCUT2D eigenvalue weighted by molar-refractivity contribution is -0.253. The summed E-state index contributed by atoms with van der Waals surface area (Å²) in [4.78, 5) is 7.26. The van der Waals surface area contributed by atoms with Crippen LogP contribution in [-0.4, -0.2) is 23.1 Å². The van der Waals surface area contributed by atoms with Crippen LogP contribution >= 0.6 is 15.9 Å². The van der Waals surface area contributed by atoms with Crippen molar-refractivity contribution in [2.24, 2.45) is 0 Å². The Morgan fingerprint density at radius 3 is 1.95 bits per heavy atom. The number of ether oxygens (including phenoxy) is 1. The van der Waals surface area contributed by atoms with Crippen LogP contribution in [0.25, 0.3) is 0 Å². The summed E-state index contributed by atoms with van der Waals surface area (Å²) < 4.78 is 77.6. The van der Waals surface area contributed by atoms with Crippen molar-refractivity contribution in [1.82, 2.24) is 0 Å². The predicted molar refractivity (Wildman–Crippen MR) is 56.2 cm³/mol. The summed E-state index contributed by atoms with van der Waals surface area (Å²) in [6, 6.07) is 2.94. The lowest BCUT2D eigenvalue weighted by Crippen LogP contribution is -2.33. The Labute approximate surface area is 111 Å². The molecule has 1 aromatic carbocycles. The highest BCUT2D eigenvalue weighted by Gasteiger charge is 2.44. The Bertz CT molecular complexity index is 454. The zero-order valence-corrected chi connectivity index (χ0v) is 10.4. The van der Waals surface area contributed by atoms with E-state index >= 15 is 0 Å². The molecular formula is C10H5BrF6O2. The van der Waals surface area contributed by atoms with Gasteiger partial charge in [0.15, 0.2) is 0 Å². The number of carbonyl (C=O) groups excluding carboxylic acids is 1. The molecule has 0 aliphatic rings. The fraction of sp³-hybridized carbons (Fsp3) is 0.300. The van der Waals surface area contributed by atoms with Gasteiger partial charge in [-0.2, -0.15) is 26.3 Å². The van der Waals surface area contributed by atoms with Gasteiger partial charge in [-0.3, -0.25) is 4.79 Å². The summed E-state index contributed by atoms with van der Waals surface area (Å²) in [5.74, 6) is -2.28. The number of carbonyl (C=O) groups is 1. The van der Waals surface area contributed by atoms with E-state index in [2.05, 4.69) is 4.74 Å². The molecule has 9 heteroatoms. The van der Waals surface area contributed by atoms with Crippen molar-refractivity contribution in [2.75, 3.05) is 0 Å². The Balaban J connectivity index is 2.86. The molecule has 0 bridgehead atoms. The third kappa shape index (κ3) is 4.12. The van der Waals surface area contributed by atoms with Gasteiger partial charge >= 0.3 is 17.4 Å². The third-order valence-electron chi connectivity index (χ3n) is 1.88. The maximum Gasteiger partial charge on any atom is 0.461 e. The molecule has 106 valence electrons. The number of alkyl halides is 7. The normalized spacial score (nSPS) is 12.6. The summed E-state index contributed by atoms with van der Waals surface area (Å²) in [7, 11) is 0. The molecule has 0 amide bonds. The molecule has 0 unspecified atom stereocenters. The quantitative estimate of drug-likeness (QED) is 0.454. The van der Waals surface area contributed by atoms with Crippen LogP contribution in [0.2, 0.25) is 0 Å². The Kier molecular flexibility index (Phi) is 4.49. The lowest BCUT2D eigenvalue weighted by Gasteiger charge is -2.16. The molecule has 0 radical (unpaired) electrons. The molecule has 2 nitrogen and oxygen atoms in total. The molecule has 0 aromatic heterocycles. The van der Waals surface area contributed by atoms with E-state index in [-0.39, 0.29) is 0 Å². The summed E-state index contributed by atoms with van der Waals surface area (Å²) >= 11 is 1.83. The minimum absolute atomic E-state index is 0.491. The minimum Gasteiger partial charge on any atom is -0.428 e. The number of hydrogen-bond donors (Lipinski definition) is 0. The van der Waals surface area contributed by atoms with E-state index in [1.807, 2.05) is 15.9 Å². The highest BCUT2D eigenvalue weighted by molar-refractivity contribution is 9.10. The van der Waals surface area contributed by atoms with Crippen LogP contribution in [0.15, 0.2) is 24.3 Å². The van der Waals surface area contributed by atoms with Crippen LogP contribution in [0, 0.1) is 0 Å². The van der Waals surface area contributed by atoms with E-state index in [1.165, 1.54) is 0 Å². The largest absolute Gasteiger partial charge is 0.461 e. The molecule has 0 saturated heterocycles. The fourth-order valence-electron chi connectivity index (χ4n) is 1.04. The number of halogens is 7. The second kappa shape index (κ2) is 5.40. The van der Waals surface area contributed by atoms with E-state index in [9.17, 15) is 31.1 Å². The average molecular weight is 351 g/mol. The van der Waals surface area contributed by atoms with Gasteiger partial charge in [0.1, 0.15) is 5.75 Å². The summed E-state index contributed by atoms with van der Waals surface area (Å²) in [5.41, 5.74) is -0.491. The lowest BCUT2D eigenvalue weighted by atomic mass is 10.1. The second-order valence-electron chi connectivity index (χ2n) is 3.32. The van der Waals surface area contributed by atoms with Crippen LogP contribution < -0.4 is 4.74 Å². The molecule has 0 fully saturated rings. The predicted octanol–water partition coefficient (Wildman–Crippen LogP) is 4.09. The average Bonchev–Trinajstić information content (AvgIpc) is 2.27. The van der Waals surface area contributed by atoms with Crippen LogP contribution in [0.3, 0.4) is 0 Å². The zero-order valence-electron chi connectivity index (χ0n) is 8.85. The number of hydrogen-bond acceptors (Lipinski definition) is 2. The topological polar surface area (TPSA) is 26.3 Å². The van der Waals surface area contributed by atoms with Gasteiger partial charge in [0.05, 0.1) is 0 Å². The molecule has 0 saturated carbocycles. The minimum atomic E-state index is -4.70. The van der Waals surface area contributed by atoms with E-state index in [0.29, 0.717) is 12.1 Å². The van der Waals surface area contributed by atoms with Crippen molar-refractivity contribution in [3.05, 3.63) is 29.8 Å². The van der Waals surface area contributed by atoms with Gasteiger partial charge in [-0.25, -0.2) is 0 Å². The van der Waals surface area contributed by atoms with Gasteiger partial charge in [0.25, 0.3) is 0 Å². The molecule has 1 aromatic rings. The highest BCUT2D eigenvalue weighted by Crippen LogP contribution is 2.30. The monoisotopic (exact) mass is 350 g/mol. The molecule has 19 heavy (non-hydrogen) atoms. The molecule has 0 heterocycles. The molecular weight excluding hydrogens is 346 g/mol. The maximum absolute atomic E-state index is 12.6. The number of rotatable bonds is 5. The fourth-order valence-corrected chi connectivity index (χ4v) is 1.27. The summed E-state index contributed by atoms with van der Waals surface area (Å²) in [6.45, 7) is 0. The van der Waals surface area contributed by atoms with Crippen molar-refractivity contribution in [2.45, 2.75) is 17.4 Å². The van der Waals surface area contributed by atoms with Gasteiger partial charge in [0.2, 0.25) is 5.78 Å². The molecule has 0 N–H and O–H groups in total.